The zero-order valence-corrected chi connectivity index (χ0v) is 19.6. The molecule has 3 aromatic heterocycles. The van der Waals surface area contributed by atoms with E-state index in [2.05, 4.69) is 30.6 Å². The van der Waals surface area contributed by atoms with Gasteiger partial charge in [-0.25, -0.2) is 23.7 Å². The van der Waals surface area contributed by atoms with Crippen LogP contribution in [0.2, 0.25) is 0 Å². The van der Waals surface area contributed by atoms with E-state index in [1.165, 1.54) is 0 Å². The highest BCUT2D eigenvalue weighted by Gasteiger charge is 2.18. The summed E-state index contributed by atoms with van der Waals surface area (Å²) >= 11 is 1.55. The van der Waals surface area contributed by atoms with E-state index >= 15 is 0 Å². The van der Waals surface area contributed by atoms with Gasteiger partial charge in [0.25, 0.3) is 6.43 Å². The number of benzene rings is 1. The number of hydrogen-bond acceptors (Lipinski definition) is 9. The van der Waals surface area contributed by atoms with E-state index in [-0.39, 0.29) is 17.9 Å². The minimum absolute atomic E-state index is 0.0826. The van der Waals surface area contributed by atoms with Crippen molar-refractivity contribution in [2.45, 2.75) is 11.3 Å². The number of nitrogens with one attached hydrogen (secondary N) is 3. The van der Waals surface area contributed by atoms with Gasteiger partial charge in [-0.3, -0.25) is 0 Å². The van der Waals surface area contributed by atoms with Crippen molar-refractivity contribution in [2.24, 2.45) is 0 Å². The smallest absolute Gasteiger partial charge is 0.295 e. The van der Waals surface area contributed by atoms with Gasteiger partial charge in [-0.1, -0.05) is 12.1 Å². The van der Waals surface area contributed by atoms with E-state index < -0.39 is 12.2 Å². The van der Waals surface area contributed by atoms with E-state index in [1.54, 1.807) is 37.1 Å². The van der Waals surface area contributed by atoms with Gasteiger partial charge in [0.05, 0.1) is 18.0 Å². The second kappa shape index (κ2) is 11.0. The van der Waals surface area contributed by atoms with Crippen LogP contribution in [0, 0.1) is 11.3 Å². The highest BCUT2D eigenvalue weighted by Crippen LogP contribution is 2.33. The number of H-pyrrole nitrogens is 1. The monoisotopic (exact) mass is 497 g/mol. The average molecular weight is 498 g/mol. The number of aromatic nitrogens is 4. The van der Waals surface area contributed by atoms with E-state index in [1.807, 2.05) is 36.6 Å². The Balaban J connectivity index is 1.69. The molecule has 180 valence electrons. The van der Waals surface area contributed by atoms with E-state index in [0.29, 0.717) is 35.2 Å². The lowest BCUT2D eigenvalue weighted by atomic mass is 10.2. The van der Waals surface area contributed by atoms with Gasteiger partial charge < -0.3 is 25.1 Å². The van der Waals surface area contributed by atoms with E-state index in [0.717, 1.165) is 10.6 Å². The molecule has 0 aliphatic rings. The summed E-state index contributed by atoms with van der Waals surface area (Å²) in [7, 11) is 1.55. The summed E-state index contributed by atoms with van der Waals surface area (Å²) in [6.45, 7) is 0.643. The van der Waals surface area contributed by atoms with Gasteiger partial charge in [0, 0.05) is 18.1 Å². The van der Waals surface area contributed by atoms with Crippen molar-refractivity contribution in [3.8, 4) is 11.8 Å². The van der Waals surface area contributed by atoms with Gasteiger partial charge in [-0.2, -0.15) is 5.26 Å². The Morgan fingerprint density at radius 1 is 1.06 bits per heavy atom. The molecule has 0 spiro atoms. The number of rotatable bonds is 10. The number of thioether (sulfide) groups is 1. The number of methoxy groups -OCH3 is 1. The molecule has 0 fully saturated rings. The highest BCUT2D eigenvalue weighted by molar-refractivity contribution is 7.98. The van der Waals surface area contributed by atoms with Crippen LogP contribution < -0.4 is 15.4 Å². The van der Waals surface area contributed by atoms with Crippen molar-refractivity contribution in [3.63, 3.8) is 0 Å². The lowest BCUT2D eigenvalue weighted by Crippen LogP contribution is -2.07. The second-order valence-electron chi connectivity index (χ2n) is 7.12. The van der Waals surface area contributed by atoms with Gasteiger partial charge in [0.15, 0.2) is 22.9 Å². The van der Waals surface area contributed by atoms with Crippen molar-refractivity contribution in [2.75, 3.05) is 37.2 Å². The Morgan fingerprint density at radius 2 is 1.89 bits per heavy atom. The van der Waals surface area contributed by atoms with Crippen LogP contribution in [0.1, 0.15) is 17.9 Å². The number of nitriles is 1. The minimum atomic E-state index is -2.78. The fourth-order valence-electron chi connectivity index (χ4n) is 3.24. The molecule has 0 bridgehead atoms. The first kappa shape index (κ1) is 24.2. The lowest BCUT2D eigenvalue weighted by Gasteiger charge is -2.13. The first-order valence-electron chi connectivity index (χ1n) is 10.4. The van der Waals surface area contributed by atoms with Crippen molar-refractivity contribution in [3.05, 3.63) is 54.0 Å². The minimum Gasteiger partial charge on any atom is -0.488 e. The van der Waals surface area contributed by atoms with Crippen LogP contribution in [0.15, 0.2) is 47.4 Å². The SMILES string of the molecule is COCCOc1ccc(Nc2cc(Nc3ccccc3SC)c3[nH]c(C(F)F)nc3n2)nc1C#N. The third-order valence-corrected chi connectivity index (χ3v) is 5.62. The summed E-state index contributed by atoms with van der Waals surface area (Å²) in [6.07, 6.45) is -0.834. The third kappa shape index (κ3) is 5.59. The summed E-state index contributed by atoms with van der Waals surface area (Å²) in [6, 6.07) is 14.5. The summed E-state index contributed by atoms with van der Waals surface area (Å²) in [4.78, 5) is 16.2. The van der Waals surface area contributed by atoms with Crippen LogP contribution in [-0.2, 0) is 4.74 Å². The molecule has 12 heteroatoms. The standard InChI is InChI=1S/C23H21F2N7O2S/c1-33-9-10-34-16-7-8-18(28-15(16)12-26)29-19-11-14(27-13-5-3-4-6-17(13)35-2)20-22(30-19)32-23(31-20)21(24)25/h3-8,11,21H,9-10H2,1-2H3,(H3,27,28,29,30,31,32). The number of nitrogens with zero attached hydrogens (tertiary/aromatic N) is 4. The maximum Gasteiger partial charge on any atom is 0.295 e. The predicted molar refractivity (Wildman–Crippen MR) is 130 cm³/mol. The lowest BCUT2D eigenvalue weighted by molar-refractivity contribution is 0.142. The zero-order valence-electron chi connectivity index (χ0n) is 18.8. The molecule has 0 amide bonds. The molecule has 0 aliphatic heterocycles. The second-order valence-corrected chi connectivity index (χ2v) is 7.97. The molecule has 0 aliphatic carbocycles. The first-order valence-corrected chi connectivity index (χ1v) is 11.6. The molecule has 0 saturated heterocycles. The number of ether oxygens (including phenoxy) is 2. The van der Waals surface area contributed by atoms with Gasteiger partial charge in [-0.15, -0.1) is 11.8 Å². The third-order valence-electron chi connectivity index (χ3n) is 4.83. The fourth-order valence-corrected chi connectivity index (χ4v) is 3.80. The topological polar surface area (TPSA) is 121 Å². The number of hydrogen-bond donors (Lipinski definition) is 3. The molecule has 3 heterocycles. The summed E-state index contributed by atoms with van der Waals surface area (Å²) < 4.78 is 37.1. The van der Waals surface area contributed by atoms with Crippen molar-refractivity contribution < 1.29 is 18.3 Å². The largest absolute Gasteiger partial charge is 0.488 e. The first-order chi connectivity index (χ1) is 17.0. The number of imidazole rings is 1. The normalized spacial score (nSPS) is 11.0. The van der Waals surface area contributed by atoms with Crippen molar-refractivity contribution in [1.29, 1.82) is 5.26 Å². The molecule has 35 heavy (non-hydrogen) atoms. The molecular weight excluding hydrogens is 476 g/mol. The molecule has 0 radical (unpaired) electrons. The predicted octanol–water partition coefficient (Wildman–Crippen LogP) is 5.40. The zero-order chi connectivity index (χ0) is 24.8. The van der Waals surface area contributed by atoms with Crippen molar-refractivity contribution in [1.82, 2.24) is 19.9 Å². The summed E-state index contributed by atoms with van der Waals surface area (Å²) in [5.74, 6) is 0.475. The maximum atomic E-state index is 13.3. The van der Waals surface area contributed by atoms with Crippen LogP contribution in [-0.4, -0.2) is 46.5 Å². The number of fused-ring (bicyclic) bond motifs is 1. The molecule has 4 rings (SSSR count). The molecule has 0 atom stereocenters. The molecular formula is C23H21F2N7O2S. The Bertz CT molecular complexity index is 1370. The van der Waals surface area contributed by atoms with Crippen LogP contribution in [0.4, 0.5) is 31.8 Å². The Kier molecular flexibility index (Phi) is 7.59. The molecule has 0 saturated carbocycles. The Labute approximate surface area is 203 Å². The Morgan fingerprint density at radius 3 is 2.63 bits per heavy atom. The number of aromatic amines is 1. The highest BCUT2D eigenvalue weighted by atomic mass is 32.2. The number of alkyl halides is 2. The molecule has 1 aromatic carbocycles. The average Bonchev–Trinajstić information content (AvgIpc) is 3.30. The molecule has 4 aromatic rings. The van der Waals surface area contributed by atoms with Crippen LogP contribution in [0.5, 0.6) is 5.75 Å². The van der Waals surface area contributed by atoms with Gasteiger partial charge in [0.1, 0.15) is 29.8 Å². The number of halogens is 2. The fraction of sp³-hybridized carbons (Fsp3) is 0.217. The Hall–Kier alpha value is -3.95. The van der Waals surface area contributed by atoms with Crippen LogP contribution in [0.3, 0.4) is 0 Å². The van der Waals surface area contributed by atoms with Crippen LogP contribution >= 0.6 is 11.8 Å². The van der Waals surface area contributed by atoms with Gasteiger partial charge >= 0.3 is 0 Å². The van der Waals surface area contributed by atoms with E-state index in [9.17, 15) is 14.0 Å². The quantitative estimate of drug-likeness (QED) is 0.195. The maximum absolute atomic E-state index is 13.3. The van der Waals surface area contributed by atoms with Crippen molar-refractivity contribution >= 4 is 45.9 Å². The summed E-state index contributed by atoms with van der Waals surface area (Å²) in [5.41, 5.74) is 1.83. The van der Waals surface area contributed by atoms with Crippen LogP contribution in [0.25, 0.3) is 11.2 Å². The summed E-state index contributed by atoms with van der Waals surface area (Å²) in [5, 5.41) is 15.8. The number of pyridine rings is 2. The number of anilines is 4. The van der Waals surface area contributed by atoms with E-state index in [4.69, 9.17) is 9.47 Å². The molecule has 0 unspecified atom stereocenters. The molecule has 9 nitrogen and oxygen atoms in total. The van der Waals surface area contributed by atoms with Gasteiger partial charge in [-0.05, 0) is 30.5 Å². The molecule has 3 N–H and O–H groups in total. The number of para-hydroxylation sites is 1. The van der Waals surface area contributed by atoms with Gasteiger partial charge in [0.2, 0.25) is 0 Å².